The molecule has 2 heterocycles. The van der Waals surface area contributed by atoms with Crippen molar-refractivity contribution in [2.24, 2.45) is 0 Å². The van der Waals surface area contributed by atoms with Gasteiger partial charge in [-0.15, -0.1) is 0 Å². The van der Waals surface area contributed by atoms with Gasteiger partial charge in [-0.1, -0.05) is 49.2 Å². The van der Waals surface area contributed by atoms with Crippen LogP contribution in [0.3, 0.4) is 0 Å². The Morgan fingerprint density at radius 1 is 0.525 bits per heavy atom. The fourth-order valence-corrected chi connectivity index (χ4v) is 8.37. The topological polar surface area (TPSA) is 119 Å². The number of hydrogen-bond donors (Lipinski definition) is 2. The molecule has 0 radical (unpaired) electrons. The van der Waals surface area contributed by atoms with Crippen LogP contribution in [0, 0.1) is 0 Å². The normalized spacial score (nSPS) is 18.7. The van der Waals surface area contributed by atoms with Gasteiger partial charge in [-0.3, -0.25) is 0 Å². The van der Waals surface area contributed by atoms with E-state index in [0.29, 0.717) is 45.9 Å². The predicted octanol–water partition coefficient (Wildman–Crippen LogP) is 6.05. The Labute approximate surface area is 231 Å². The first-order valence-electron chi connectivity index (χ1n) is 13.2. The highest BCUT2D eigenvalue weighted by atomic mass is 32.2. The van der Waals surface area contributed by atoms with Crippen LogP contribution in [0.15, 0.2) is 104 Å². The highest BCUT2D eigenvalue weighted by molar-refractivity contribution is 7.90. The number of sulfonamides is 2. The Morgan fingerprint density at radius 2 is 0.925 bits per heavy atom. The molecular weight excluding hydrogens is 548 g/mol. The maximum Gasteiger partial charge on any atom is 0.240 e. The van der Waals surface area contributed by atoms with Crippen LogP contribution in [0.1, 0.15) is 25.7 Å². The van der Waals surface area contributed by atoms with Crippen molar-refractivity contribution in [2.45, 2.75) is 47.6 Å². The number of benzene rings is 4. The number of para-hydroxylation sites is 2. The minimum absolute atomic E-state index is 0.107. The third kappa shape index (κ3) is 4.37. The van der Waals surface area contributed by atoms with Crippen molar-refractivity contribution < 1.29 is 25.7 Å². The molecule has 0 amide bonds. The maximum absolute atomic E-state index is 13.5. The minimum atomic E-state index is -3.94. The zero-order chi connectivity index (χ0) is 27.5. The van der Waals surface area contributed by atoms with E-state index in [1.165, 1.54) is 12.1 Å². The number of hydrogen-bond acceptors (Lipinski definition) is 6. The molecule has 1 aliphatic rings. The van der Waals surface area contributed by atoms with Gasteiger partial charge in [0.05, 0.1) is 9.79 Å². The second kappa shape index (κ2) is 9.45. The SMILES string of the molecule is O=S(=O)(N[C@H]1CCCC[C@@H]1NS(=O)(=O)c1ccc2oc3ccccc3c2c1)c1ccc2oc3ccccc3c2c1. The monoisotopic (exact) mass is 574 g/mol. The third-order valence-electron chi connectivity index (χ3n) is 7.70. The Kier molecular flexibility index (Phi) is 5.97. The van der Waals surface area contributed by atoms with E-state index in [9.17, 15) is 16.8 Å². The van der Waals surface area contributed by atoms with Crippen LogP contribution in [0.25, 0.3) is 43.9 Å². The lowest BCUT2D eigenvalue weighted by Gasteiger charge is -2.32. The molecule has 1 aliphatic carbocycles. The van der Waals surface area contributed by atoms with Gasteiger partial charge in [0.2, 0.25) is 20.0 Å². The largest absolute Gasteiger partial charge is 0.456 e. The highest BCUT2D eigenvalue weighted by Crippen LogP contribution is 2.32. The fourth-order valence-electron chi connectivity index (χ4n) is 5.69. The minimum Gasteiger partial charge on any atom is -0.456 e. The number of fused-ring (bicyclic) bond motifs is 6. The van der Waals surface area contributed by atoms with Gasteiger partial charge in [0.25, 0.3) is 0 Å². The quantitative estimate of drug-likeness (QED) is 0.250. The summed E-state index contributed by atoms with van der Waals surface area (Å²) in [6.07, 6.45) is 2.64. The first-order valence-corrected chi connectivity index (χ1v) is 16.1. The van der Waals surface area contributed by atoms with Gasteiger partial charge in [0.1, 0.15) is 22.3 Å². The van der Waals surface area contributed by atoms with E-state index in [4.69, 9.17) is 8.83 Å². The van der Waals surface area contributed by atoms with Gasteiger partial charge < -0.3 is 8.83 Å². The summed E-state index contributed by atoms with van der Waals surface area (Å²) >= 11 is 0. The van der Waals surface area contributed by atoms with E-state index in [2.05, 4.69) is 9.44 Å². The average Bonchev–Trinajstić information content (AvgIpc) is 3.51. The van der Waals surface area contributed by atoms with Gasteiger partial charge in [0, 0.05) is 33.6 Å². The third-order valence-corrected chi connectivity index (χ3v) is 10.7. The second-order valence-electron chi connectivity index (χ2n) is 10.3. The van der Waals surface area contributed by atoms with E-state index in [1.54, 1.807) is 24.3 Å². The van der Waals surface area contributed by atoms with E-state index in [0.717, 1.165) is 23.6 Å². The summed E-state index contributed by atoms with van der Waals surface area (Å²) < 4.78 is 71.2. The molecule has 0 aliphatic heterocycles. The summed E-state index contributed by atoms with van der Waals surface area (Å²) in [4.78, 5) is 0.215. The summed E-state index contributed by atoms with van der Waals surface area (Å²) in [5.41, 5.74) is 2.57. The van der Waals surface area contributed by atoms with Crippen molar-refractivity contribution in [2.75, 3.05) is 0 Å². The lowest BCUT2D eigenvalue weighted by Crippen LogP contribution is -2.52. The molecule has 6 aromatic rings. The van der Waals surface area contributed by atoms with Crippen LogP contribution in [-0.4, -0.2) is 28.9 Å². The standard InChI is InChI=1S/C30H26N2O6S2/c33-39(34,19-13-15-29-23(17-19)21-7-1-5-11-27(21)37-29)31-25-9-3-4-10-26(25)32-40(35,36)20-14-16-30-24(18-20)22-8-2-6-12-28(22)38-30/h1-2,5-8,11-18,25-26,31-32H,3-4,9-10H2/t25-,26-/m0/s1. The summed E-state index contributed by atoms with van der Waals surface area (Å²) in [6, 6.07) is 23.3. The number of furan rings is 2. The van der Waals surface area contributed by atoms with Gasteiger partial charge in [0.15, 0.2) is 0 Å². The van der Waals surface area contributed by atoms with Gasteiger partial charge in [-0.25, -0.2) is 26.3 Å². The number of nitrogens with one attached hydrogen (secondary N) is 2. The zero-order valence-electron chi connectivity index (χ0n) is 21.3. The molecule has 204 valence electrons. The average molecular weight is 575 g/mol. The molecule has 10 heteroatoms. The van der Waals surface area contributed by atoms with E-state index >= 15 is 0 Å². The predicted molar refractivity (Wildman–Crippen MR) is 154 cm³/mol. The van der Waals surface area contributed by atoms with Crippen LogP contribution < -0.4 is 9.44 Å². The van der Waals surface area contributed by atoms with Crippen molar-refractivity contribution >= 4 is 63.9 Å². The van der Waals surface area contributed by atoms with Crippen LogP contribution in [0.2, 0.25) is 0 Å². The Morgan fingerprint density at radius 3 is 1.38 bits per heavy atom. The van der Waals surface area contributed by atoms with Crippen LogP contribution in [0.4, 0.5) is 0 Å². The van der Waals surface area contributed by atoms with E-state index < -0.39 is 32.1 Å². The van der Waals surface area contributed by atoms with Crippen molar-refractivity contribution in [3.05, 3.63) is 84.9 Å². The lowest BCUT2D eigenvalue weighted by atomic mass is 9.92. The Bertz CT molecular complexity index is 1980. The lowest BCUT2D eigenvalue weighted by molar-refractivity contribution is 0.340. The molecule has 40 heavy (non-hydrogen) atoms. The smallest absolute Gasteiger partial charge is 0.240 e. The van der Waals surface area contributed by atoms with Crippen LogP contribution in [-0.2, 0) is 20.0 Å². The van der Waals surface area contributed by atoms with Crippen LogP contribution >= 0.6 is 0 Å². The molecule has 8 nitrogen and oxygen atoms in total. The van der Waals surface area contributed by atoms with Crippen molar-refractivity contribution in [3.63, 3.8) is 0 Å². The maximum atomic E-state index is 13.5. The first kappa shape index (κ1) is 25.3. The summed E-state index contributed by atoms with van der Waals surface area (Å²) in [6.45, 7) is 0. The summed E-state index contributed by atoms with van der Waals surface area (Å²) in [5.74, 6) is 0. The molecular formula is C30H26N2O6S2. The van der Waals surface area contributed by atoms with E-state index in [1.807, 2.05) is 48.5 Å². The molecule has 1 fully saturated rings. The Hall–Kier alpha value is -3.70. The van der Waals surface area contributed by atoms with Crippen molar-refractivity contribution in [1.29, 1.82) is 0 Å². The summed E-state index contributed by atoms with van der Waals surface area (Å²) in [5, 5.41) is 3.09. The fraction of sp³-hybridized carbons (Fsp3) is 0.200. The summed E-state index contributed by atoms with van der Waals surface area (Å²) in [7, 11) is -7.87. The molecule has 2 aromatic heterocycles. The molecule has 0 unspecified atom stereocenters. The molecule has 0 bridgehead atoms. The van der Waals surface area contributed by atoms with Crippen molar-refractivity contribution in [1.82, 2.24) is 9.44 Å². The first-order chi connectivity index (χ1) is 19.3. The Balaban J connectivity index is 1.17. The molecule has 2 atom stereocenters. The molecule has 7 rings (SSSR count). The van der Waals surface area contributed by atoms with E-state index in [-0.39, 0.29) is 9.79 Å². The zero-order valence-corrected chi connectivity index (χ0v) is 23.0. The van der Waals surface area contributed by atoms with Gasteiger partial charge in [-0.05, 0) is 61.4 Å². The van der Waals surface area contributed by atoms with Crippen LogP contribution in [0.5, 0.6) is 0 Å². The second-order valence-corrected chi connectivity index (χ2v) is 13.7. The molecule has 4 aromatic carbocycles. The molecule has 1 saturated carbocycles. The molecule has 0 saturated heterocycles. The molecule has 2 N–H and O–H groups in total. The molecule has 0 spiro atoms. The van der Waals surface area contributed by atoms with Crippen molar-refractivity contribution in [3.8, 4) is 0 Å². The number of rotatable bonds is 6. The highest BCUT2D eigenvalue weighted by Gasteiger charge is 2.33. The van der Waals surface area contributed by atoms with Gasteiger partial charge >= 0.3 is 0 Å². The van der Waals surface area contributed by atoms with Gasteiger partial charge in [-0.2, -0.15) is 0 Å².